The molecule has 1 atom stereocenters. The Bertz CT molecular complexity index is 631. The molecule has 0 aliphatic carbocycles. The molecular weight excluding hydrogens is 317 g/mol. The summed E-state index contributed by atoms with van der Waals surface area (Å²) in [5, 5.41) is 0. The van der Waals surface area contributed by atoms with E-state index in [0.717, 1.165) is 16.7 Å². The topological polar surface area (TPSA) is 52.3 Å². The zero-order chi connectivity index (χ0) is 15.9. The van der Waals surface area contributed by atoms with Gasteiger partial charge in [0.05, 0.1) is 13.0 Å². The number of carbonyl (C=O) groups is 1. The fourth-order valence-corrected chi connectivity index (χ4v) is 2.31. The summed E-state index contributed by atoms with van der Waals surface area (Å²) < 4.78 is 18.1. The molecule has 0 amide bonds. The normalized spacial score (nSPS) is 11.4. The van der Waals surface area contributed by atoms with Crippen LogP contribution in [0.2, 0.25) is 0 Å². The van der Waals surface area contributed by atoms with Crippen LogP contribution < -0.4 is 5.73 Å². The van der Waals surface area contributed by atoms with Gasteiger partial charge in [-0.05, 0) is 42.2 Å². The van der Waals surface area contributed by atoms with Crippen molar-refractivity contribution in [1.82, 2.24) is 0 Å². The molecule has 2 rings (SSSR count). The van der Waals surface area contributed by atoms with Crippen molar-refractivity contribution in [3.05, 3.63) is 59.9 Å². The van der Waals surface area contributed by atoms with Gasteiger partial charge in [-0.15, -0.1) is 12.4 Å². The van der Waals surface area contributed by atoms with Gasteiger partial charge < -0.3 is 10.5 Å². The molecule has 0 spiro atoms. The molecule has 124 valence electrons. The fourth-order valence-electron chi connectivity index (χ4n) is 2.31. The summed E-state index contributed by atoms with van der Waals surface area (Å²) in [7, 11) is 0. The van der Waals surface area contributed by atoms with Crippen molar-refractivity contribution in [2.75, 3.05) is 6.61 Å². The van der Waals surface area contributed by atoms with Crippen molar-refractivity contribution in [3.8, 4) is 11.1 Å². The maximum absolute atomic E-state index is 13.2. The minimum absolute atomic E-state index is 0. The molecule has 0 bridgehead atoms. The maximum atomic E-state index is 13.2. The average molecular weight is 338 g/mol. The first-order chi connectivity index (χ1) is 10.6. The Balaban J connectivity index is 0.00000264. The molecule has 2 aromatic rings. The van der Waals surface area contributed by atoms with E-state index in [2.05, 4.69) is 0 Å². The Labute approximate surface area is 142 Å². The predicted octanol–water partition coefficient (Wildman–Crippen LogP) is 3.74. The molecule has 5 heteroatoms. The van der Waals surface area contributed by atoms with E-state index in [0.29, 0.717) is 13.0 Å². The molecule has 2 aromatic carbocycles. The Morgan fingerprint density at radius 1 is 1.17 bits per heavy atom. The van der Waals surface area contributed by atoms with Gasteiger partial charge in [-0.25, -0.2) is 4.39 Å². The van der Waals surface area contributed by atoms with Gasteiger partial charge in [-0.1, -0.05) is 36.4 Å². The van der Waals surface area contributed by atoms with Crippen molar-refractivity contribution in [3.63, 3.8) is 0 Å². The van der Waals surface area contributed by atoms with Gasteiger partial charge in [0.25, 0.3) is 0 Å². The third-order valence-electron chi connectivity index (χ3n) is 3.34. The van der Waals surface area contributed by atoms with Gasteiger partial charge in [-0.2, -0.15) is 0 Å². The molecule has 2 N–H and O–H groups in total. The third-order valence-corrected chi connectivity index (χ3v) is 3.34. The van der Waals surface area contributed by atoms with Crippen LogP contribution in [0.1, 0.15) is 18.9 Å². The van der Waals surface area contributed by atoms with Crippen molar-refractivity contribution in [2.24, 2.45) is 5.73 Å². The Morgan fingerprint density at radius 2 is 1.87 bits per heavy atom. The summed E-state index contributed by atoms with van der Waals surface area (Å²) in [4.78, 5) is 11.4. The van der Waals surface area contributed by atoms with Crippen LogP contribution in [0.15, 0.2) is 48.5 Å². The van der Waals surface area contributed by atoms with Gasteiger partial charge in [0.2, 0.25) is 0 Å². The molecule has 0 saturated heterocycles. The lowest BCUT2D eigenvalue weighted by atomic mass is 10.00. The number of hydrogen-bond donors (Lipinski definition) is 1. The van der Waals surface area contributed by atoms with Gasteiger partial charge in [0, 0.05) is 6.04 Å². The molecule has 0 radical (unpaired) electrons. The van der Waals surface area contributed by atoms with E-state index in [1.807, 2.05) is 30.3 Å². The van der Waals surface area contributed by atoms with E-state index in [9.17, 15) is 9.18 Å². The second-order valence-corrected chi connectivity index (χ2v) is 5.18. The molecule has 0 aliphatic rings. The number of esters is 1. The molecular formula is C18H21ClFNO2. The smallest absolute Gasteiger partial charge is 0.307 e. The monoisotopic (exact) mass is 337 g/mol. The third kappa shape index (κ3) is 6.00. The van der Waals surface area contributed by atoms with Crippen molar-refractivity contribution < 1.29 is 13.9 Å². The summed E-state index contributed by atoms with van der Waals surface area (Å²) in [6.45, 7) is 2.14. The van der Waals surface area contributed by atoms with Crippen LogP contribution in [-0.2, 0) is 16.0 Å². The van der Waals surface area contributed by atoms with Crippen LogP contribution in [0, 0.1) is 5.82 Å². The summed E-state index contributed by atoms with van der Waals surface area (Å²) >= 11 is 0. The van der Waals surface area contributed by atoms with Crippen LogP contribution in [0.25, 0.3) is 11.1 Å². The number of nitrogens with two attached hydrogens (primary N) is 1. The number of benzene rings is 2. The van der Waals surface area contributed by atoms with Crippen molar-refractivity contribution in [1.29, 1.82) is 0 Å². The van der Waals surface area contributed by atoms with Gasteiger partial charge in [0.15, 0.2) is 0 Å². The van der Waals surface area contributed by atoms with Crippen LogP contribution in [0.5, 0.6) is 0 Å². The Hall–Kier alpha value is -1.91. The lowest BCUT2D eigenvalue weighted by Crippen LogP contribution is -2.27. The second kappa shape index (κ2) is 9.28. The fraction of sp³-hybridized carbons (Fsp3) is 0.278. The lowest BCUT2D eigenvalue weighted by Gasteiger charge is -2.11. The first kappa shape index (κ1) is 19.1. The predicted molar refractivity (Wildman–Crippen MR) is 92.0 cm³/mol. The number of ether oxygens (including phenoxy) is 1. The first-order valence-corrected chi connectivity index (χ1v) is 7.34. The maximum Gasteiger partial charge on any atom is 0.307 e. The zero-order valence-electron chi connectivity index (χ0n) is 13.0. The van der Waals surface area contributed by atoms with Gasteiger partial charge in [0.1, 0.15) is 5.82 Å². The highest BCUT2D eigenvalue weighted by Gasteiger charge is 2.11. The molecule has 0 saturated carbocycles. The molecule has 0 unspecified atom stereocenters. The minimum atomic E-state index is -0.272. The summed E-state index contributed by atoms with van der Waals surface area (Å²) in [5.74, 6) is -0.524. The van der Waals surface area contributed by atoms with E-state index in [-0.39, 0.29) is 36.7 Å². The Kier molecular flexibility index (Phi) is 7.72. The van der Waals surface area contributed by atoms with Crippen LogP contribution in [0.4, 0.5) is 4.39 Å². The molecule has 0 aliphatic heterocycles. The van der Waals surface area contributed by atoms with Crippen LogP contribution >= 0.6 is 12.4 Å². The highest BCUT2D eigenvalue weighted by molar-refractivity contribution is 5.85. The van der Waals surface area contributed by atoms with E-state index < -0.39 is 0 Å². The van der Waals surface area contributed by atoms with Crippen LogP contribution in [-0.4, -0.2) is 18.6 Å². The molecule has 0 fully saturated rings. The van der Waals surface area contributed by atoms with Crippen molar-refractivity contribution >= 4 is 18.4 Å². The van der Waals surface area contributed by atoms with E-state index >= 15 is 0 Å². The number of carbonyl (C=O) groups excluding carboxylic acids is 1. The quantitative estimate of drug-likeness (QED) is 0.817. The molecule has 23 heavy (non-hydrogen) atoms. The highest BCUT2D eigenvalue weighted by atomic mass is 35.5. The highest BCUT2D eigenvalue weighted by Crippen LogP contribution is 2.21. The van der Waals surface area contributed by atoms with Crippen LogP contribution in [0.3, 0.4) is 0 Å². The second-order valence-electron chi connectivity index (χ2n) is 5.18. The first-order valence-electron chi connectivity index (χ1n) is 7.34. The number of halogens is 2. The molecule has 0 aromatic heterocycles. The van der Waals surface area contributed by atoms with Crippen molar-refractivity contribution in [2.45, 2.75) is 25.8 Å². The zero-order valence-corrected chi connectivity index (χ0v) is 13.8. The SMILES string of the molecule is CCOC(=O)C[C@H](N)Cc1ccc(-c2cccc(F)c2)cc1.Cl. The molecule has 0 heterocycles. The summed E-state index contributed by atoms with van der Waals surface area (Å²) in [6.07, 6.45) is 0.807. The Morgan fingerprint density at radius 3 is 2.48 bits per heavy atom. The largest absolute Gasteiger partial charge is 0.466 e. The number of hydrogen-bond acceptors (Lipinski definition) is 3. The van der Waals surface area contributed by atoms with E-state index in [4.69, 9.17) is 10.5 Å². The lowest BCUT2D eigenvalue weighted by molar-refractivity contribution is -0.143. The van der Waals surface area contributed by atoms with E-state index in [1.54, 1.807) is 13.0 Å². The average Bonchev–Trinajstić information content (AvgIpc) is 2.48. The summed E-state index contributed by atoms with van der Waals surface area (Å²) in [6, 6.07) is 14.0. The standard InChI is InChI=1S/C18H20FNO2.ClH/c1-2-22-18(21)12-17(20)10-13-6-8-14(9-7-13)15-4-3-5-16(19)11-15;/h3-9,11,17H,2,10,12,20H2,1H3;1H/t17-;/m1./s1. The van der Waals surface area contributed by atoms with Gasteiger partial charge >= 0.3 is 5.97 Å². The van der Waals surface area contributed by atoms with Gasteiger partial charge in [-0.3, -0.25) is 4.79 Å². The summed E-state index contributed by atoms with van der Waals surface area (Å²) in [5.41, 5.74) is 8.78. The minimum Gasteiger partial charge on any atom is -0.466 e. The molecule has 3 nitrogen and oxygen atoms in total. The van der Waals surface area contributed by atoms with E-state index in [1.165, 1.54) is 12.1 Å². The number of rotatable bonds is 6.